The Labute approximate surface area is 266 Å². The highest BCUT2D eigenvalue weighted by Crippen LogP contribution is 2.27. The molecule has 5 rings (SSSR count). The SMILES string of the molecule is CCOC(=O)CCN(C(=O)Oc1ccc2[nH]c(CCc3ccc(C(=N)NC(=O)c4ccccc4)cc3)nc2c1C)c1ccccn1. The van der Waals surface area contributed by atoms with E-state index in [1.807, 2.05) is 43.3 Å². The Bertz CT molecular complexity index is 1840. The number of esters is 1. The third-order valence-electron chi connectivity index (χ3n) is 7.26. The molecule has 0 aliphatic heterocycles. The number of aromatic nitrogens is 3. The van der Waals surface area contributed by atoms with Gasteiger partial charge in [-0.2, -0.15) is 0 Å². The number of aromatic amines is 1. The van der Waals surface area contributed by atoms with Crippen molar-refractivity contribution in [1.29, 1.82) is 5.41 Å². The van der Waals surface area contributed by atoms with Crippen molar-refractivity contribution in [3.63, 3.8) is 0 Å². The number of carbonyl (C=O) groups is 3. The molecule has 0 fully saturated rings. The van der Waals surface area contributed by atoms with Gasteiger partial charge in [-0.1, -0.05) is 48.5 Å². The molecule has 11 heteroatoms. The number of H-pyrrole nitrogens is 1. The average Bonchev–Trinajstić information content (AvgIpc) is 3.50. The first-order valence-corrected chi connectivity index (χ1v) is 14.9. The number of nitrogens with one attached hydrogen (secondary N) is 3. The number of benzene rings is 3. The molecular weight excluding hydrogens is 584 g/mol. The quantitative estimate of drug-likeness (QED) is 0.0967. The van der Waals surface area contributed by atoms with Crippen LogP contribution in [0.15, 0.2) is 91.1 Å². The van der Waals surface area contributed by atoms with Crippen LogP contribution in [0.4, 0.5) is 10.6 Å². The first-order chi connectivity index (χ1) is 22.3. The summed E-state index contributed by atoms with van der Waals surface area (Å²) >= 11 is 0. The number of anilines is 1. The van der Waals surface area contributed by atoms with E-state index in [-0.39, 0.29) is 31.3 Å². The van der Waals surface area contributed by atoms with Crippen molar-refractivity contribution in [2.75, 3.05) is 18.1 Å². The molecule has 0 aliphatic carbocycles. The zero-order chi connectivity index (χ0) is 32.5. The van der Waals surface area contributed by atoms with E-state index in [9.17, 15) is 14.4 Å². The van der Waals surface area contributed by atoms with E-state index in [0.29, 0.717) is 46.6 Å². The highest BCUT2D eigenvalue weighted by Gasteiger charge is 2.22. The molecule has 2 aromatic heterocycles. The van der Waals surface area contributed by atoms with Crippen molar-refractivity contribution in [3.05, 3.63) is 119 Å². The summed E-state index contributed by atoms with van der Waals surface area (Å²) in [5, 5.41) is 10.9. The first kappa shape index (κ1) is 31.6. The lowest BCUT2D eigenvalue weighted by Crippen LogP contribution is -2.36. The first-order valence-electron chi connectivity index (χ1n) is 14.9. The molecule has 0 bridgehead atoms. The average molecular weight is 619 g/mol. The maximum Gasteiger partial charge on any atom is 0.420 e. The summed E-state index contributed by atoms with van der Waals surface area (Å²) in [6, 6.07) is 25.0. The van der Waals surface area contributed by atoms with E-state index in [0.717, 1.165) is 16.9 Å². The van der Waals surface area contributed by atoms with Gasteiger partial charge in [-0.05, 0) is 62.2 Å². The number of hydrogen-bond donors (Lipinski definition) is 3. The number of fused-ring (bicyclic) bond motifs is 1. The monoisotopic (exact) mass is 618 g/mol. The molecule has 0 aliphatic rings. The summed E-state index contributed by atoms with van der Waals surface area (Å²) in [4.78, 5) is 51.3. The van der Waals surface area contributed by atoms with E-state index in [1.165, 1.54) is 4.90 Å². The fourth-order valence-corrected chi connectivity index (χ4v) is 4.82. The zero-order valence-corrected chi connectivity index (χ0v) is 25.6. The van der Waals surface area contributed by atoms with Gasteiger partial charge in [0.15, 0.2) is 0 Å². The number of nitrogens with zero attached hydrogens (tertiary/aromatic N) is 3. The molecule has 5 aromatic rings. The molecule has 0 unspecified atom stereocenters. The maximum atomic E-state index is 13.3. The summed E-state index contributed by atoms with van der Waals surface area (Å²) in [6.45, 7) is 3.87. The standard InChI is InChI=1S/C35H34N6O5/c1-3-45-31(42)20-22-41(30-11-7-8-21-37-30)35(44)46-28-18-17-27-32(23(28)2)39-29(38-27)19-14-24-12-15-25(16-13-24)33(36)40-34(43)26-9-5-4-6-10-26/h4-13,15-18,21H,3,14,19-20,22H2,1-2H3,(H,38,39)(H2,36,40,43). The lowest BCUT2D eigenvalue weighted by Gasteiger charge is -2.21. The Morgan fingerprint density at radius 1 is 0.913 bits per heavy atom. The van der Waals surface area contributed by atoms with E-state index >= 15 is 0 Å². The fraction of sp³-hybridized carbons (Fsp3) is 0.200. The van der Waals surface area contributed by atoms with Gasteiger partial charge in [-0.3, -0.25) is 19.9 Å². The minimum atomic E-state index is -0.669. The molecule has 46 heavy (non-hydrogen) atoms. The number of pyridine rings is 1. The third kappa shape index (κ3) is 7.81. The topological polar surface area (TPSA) is 150 Å². The molecule has 0 atom stereocenters. The van der Waals surface area contributed by atoms with Gasteiger partial charge >= 0.3 is 12.1 Å². The number of amidine groups is 1. The third-order valence-corrected chi connectivity index (χ3v) is 7.26. The number of imidazole rings is 1. The molecule has 0 spiro atoms. The Morgan fingerprint density at radius 2 is 1.67 bits per heavy atom. The van der Waals surface area contributed by atoms with Gasteiger partial charge in [-0.25, -0.2) is 14.8 Å². The Balaban J connectivity index is 1.22. The van der Waals surface area contributed by atoms with E-state index in [4.69, 9.17) is 19.9 Å². The smallest absolute Gasteiger partial charge is 0.420 e. The van der Waals surface area contributed by atoms with Crippen LogP contribution in [0.5, 0.6) is 5.75 Å². The minimum Gasteiger partial charge on any atom is -0.466 e. The maximum absolute atomic E-state index is 13.3. The molecule has 11 nitrogen and oxygen atoms in total. The molecule has 0 saturated heterocycles. The number of carbonyl (C=O) groups excluding carboxylic acids is 3. The van der Waals surface area contributed by atoms with Crippen molar-refractivity contribution in [2.45, 2.75) is 33.1 Å². The van der Waals surface area contributed by atoms with Crippen LogP contribution >= 0.6 is 0 Å². The van der Waals surface area contributed by atoms with Gasteiger partial charge in [0, 0.05) is 35.9 Å². The molecule has 234 valence electrons. The second-order valence-corrected chi connectivity index (χ2v) is 10.4. The van der Waals surface area contributed by atoms with E-state index in [1.54, 1.807) is 61.7 Å². The number of amides is 2. The van der Waals surface area contributed by atoms with Crippen LogP contribution in [0.2, 0.25) is 0 Å². The minimum absolute atomic E-state index is 0.00363. The van der Waals surface area contributed by atoms with Crippen LogP contribution < -0.4 is 15.0 Å². The van der Waals surface area contributed by atoms with Crippen molar-refractivity contribution in [3.8, 4) is 5.75 Å². The zero-order valence-electron chi connectivity index (χ0n) is 25.6. The van der Waals surface area contributed by atoms with E-state index in [2.05, 4.69) is 15.3 Å². The van der Waals surface area contributed by atoms with Crippen LogP contribution in [0.1, 0.15) is 46.2 Å². The summed E-state index contributed by atoms with van der Waals surface area (Å²) in [5.41, 5.74) is 4.35. The lowest BCUT2D eigenvalue weighted by atomic mass is 10.1. The van der Waals surface area contributed by atoms with Crippen molar-refractivity contribution in [2.24, 2.45) is 0 Å². The molecule has 3 N–H and O–H groups in total. The summed E-state index contributed by atoms with van der Waals surface area (Å²) in [7, 11) is 0. The Hall–Kier alpha value is -5.84. The number of rotatable bonds is 11. The summed E-state index contributed by atoms with van der Waals surface area (Å²) < 4.78 is 10.8. The predicted octanol–water partition coefficient (Wildman–Crippen LogP) is 5.77. The number of ether oxygens (including phenoxy) is 2. The molecule has 3 aromatic carbocycles. The number of hydrogen-bond acceptors (Lipinski definition) is 8. The Morgan fingerprint density at radius 3 is 2.39 bits per heavy atom. The lowest BCUT2D eigenvalue weighted by molar-refractivity contribution is -0.142. The van der Waals surface area contributed by atoms with Crippen LogP contribution in [0.3, 0.4) is 0 Å². The van der Waals surface area contributed by atoms with Crippen molar-refractivity contribution in [1.82, 2.24) is 20.3 Å². The summed E-state index contributed by atoms with van der Waals surface area (Å²) in [5.74, 6) is 0.780. The van der Waals surface area contributed by atoms with Crippen LogP contribution in [0, 0.1) is 12.3 Å². The van der Waals surface area contributed by atoms with Crippen LogP contribution in [0.25, 0.3) is 11.0 Å². The van der Waals surface area contributed by atoms with Gasteiger partial charge in [0.25, 0.3) is 5.91 Å². The van der Waals surface area contributed by atoms with Crippen molar-refractivity contribution < 1.29 is 23.9 Å². The second-order valence-electron chi connectivity index (χ2n) is 10.4. The molecule has 0 radical (unpaired) electrons. The highest BCUT2D eigenvalue weighted by atomic mass is 16.6. The van der Waals surface area contributed by atoms with Gasteiger partial charge in [-0.15, -0.1) is 0 Å². The molecule has 2 amide bonds. The van der Waals surface area contributed by atoms with E-state index < -0.39 is 12.1 Å². The largest absolute Gasteiger partial charge is 0.466 e. The van der Waals surface area contributed by atoms with Crippen LogP contribution in [-0.4, -0.2) is 51.9 Å². The highest BCUT2D eigenvalue weighted by molar-refractivity contribution is 6.11. The van der Waals surface area contributed by atoms with Gasteiger partial charge in [0.05, 0.1) is 24.1 Å². The van der Waals surface area contributed by atoms with Crippen LogP contribution in [-0.2, 0) is 22.4 Å². The predicted molar refractivity (Wildman–Crippen MR) is 174 cm³/mol. The second kappa shape index (κ2) is 14.8. The van der Waals surface area contributed by atoms with Gasteiger partial charge in [0.1, 0.15) is 23.2 Å². The Kier molecular flexibility index (Phi) is 10.1. The number of aryl methyl sites for hydroxylation is 3. The fourth-order valence-electron chi connectivity index (χ4n) is 4.82. The van der Waals surface area contributed by atoms with Crippen molar-refractivity contribution >= 4 is 40.7 Å². The van der Waals surface area contributed by atoms with Gasteiger partial charge < -0.3 is 19.8 Å². The normalized spacial score (nSPS) is 10.7. The summed E-state index contributed by atoms with van der Waals surface area (Å²) in [6.07, 6.45) is 2.22. The molecule has 2 heterocycles. The van der Waals surface area contributed by atoms with Gasteiger partial charge in [0.2, 0.25) is 0 Å². The molecular formula is C35H34N6O5. The molecule has 0 saturated carbocycles.